The Bertz CT molecular complexity index is 677. The van der Waals surface area contributed by atoms with Crippen LogP contribution in [0.5, 0.6) is 0 Å². The highest BCUT2D eigenvalue weighted by Gasteiger charge is 2.19. The number of aromatic nitrogens is 1. The van der Waals surface area contributed by atoms with E-state index in [-0.39, 0.29) is 23.1 Å². The minimum atomic E-state index is -0.259. The van der Waals surface area contributed by atoms with Crippen LogP contribution in [-0.2, 0) is 0 Å². The molecule has 0 aliphatic heterocycles. The van der Waals surface area contributed by atoms with Gasteiger partial charge in [-0.25, -0.2) is 0 Å². The lowest BCUT2D eigenvalue weighted by Crippen LogP contribution is -2.17. The summed E-state index contributed by atoms with van der Waals surface area (Å²) in [5.41, 5.74) is 1.10. The third-order valence-electron chi connectivity index (χ3n) is 3.00. The van der Waals surface area contributed by atoms with E-state index in [0.717, 1.165) is 6.42 Å². The predicted molar refractivity (Wildman–Crippen MR) is 86.1 cm³/mol. The number of carbonyl (C=O) groups excluding carboxylic acids is 2. The molecule has 0 spiro atoms. The van der Waals surface area contributed by atoms with Crippen LogP contribution in [0.2, 0.25) is 5.02 Å². The molecule has 1 aromatic heterocycles. The van der Waals surface area contributed by atoms with Crippen molar-refractivity contribution in [3.05, 3.63) is 58.4 Å². The third-order valence-corrected chi connectivity index (χ3v) is 3.50. The van der Waals surface area contributed by atoms with Gasteiger partial charge < -0.3 is 4.84 Å². The van der Waals surface area contributed by atoms with Crippen LogP contribution in [0, 0.1) is 0 Å². The predicted octanol–water partition coefficient (Wildman–Crippen LogP) is 3.63. The van der Waals surface area contributed by atoms with Crippen molar-refractivity contribution in [1.82, 2.24) is 4.73 Å². The number of ketones is 2. The SMILES string of the molecule is CCCOn1cc(C(=O)CCl)cc1C(=O)c1ccc(Cl)cc1. The van der Waals surface area contributed by atoms with E-state index >= 15 is 0 Å². The van der Waals surface area contributed by atoms with Gasteiger partial charge in [-0.15, -0.1) is 11.6 Å². The molecule has 0 saturated carbocycles. The molecule has 0 radical (unpaired) electrons. The summed E-state index contributed by atoms with van der Waals surface area (Å²) < 4.78 is 1.33. The fourth-order valence-corrected chi connectivity index (χ4v) is 2.17. The normalized spacial score (nSPS) is 10.5. The quantitative estimate of drug-likeness (QED) is 0.571. The first-order chi connectivity index (χ1) is 10.6. The molecule has 0 saturated heterocycles. The average molecular weight is 340 g/mol. The lowest BCUT2D eigenvalue weighted by molar-refractivity contribution is 0.0874. The molecule has 22 heavy (non-hydrogen) atoms. The van der Waals surface area contributed by atoms with Gasteiger partial charge in [0.1, 0.15) is 12.3 Å². The lowest BCUT2D eigenvalue weighted by atomic mass is 10.1. The summed E-state index contributed by atoms with van der Waals surface area (Å²) >= 11 is 11.4. The first kappa shape index (κ1) is 16.6. The summed E-state index contributed by atoms with van der Waals surface area (Å²) in [5, 5.41) is 0.548. The maximum absolute atomic E-state index is 12.6. The van der Waals surface area contributed by atoms with Crippen LogP contribution in [0.3, 0.4) is 0 Å². The molecular formula is C16H15Cl2NO3. The van der Waals surface area contributed by atoms with E-state index in [0.29, 0.717) is 22.8 Å². The number of rotatable bonds is 7. The van der Waals surface area contributed by atoms with Crippen LogP contribution in [-0.4, -0.2) is 28.8 Å². The van der Waals surface area contributed by atoms with E-state index in [1.54, 1.807) is 24.3 Å². The van der Waals surface area contributed by atoms with Crippen LogP contribution in [0.4, 0.5) is 0 Å². The molecule has 4 nitrogen and oxygen atoms in total. The molecule has 0 N–H and O–H groups in total. The van der Waals surface area contributed by atoms with Crippen molar-refractivity contribution >= 4 is 34.8 Å². The van der Waals surface area contributed by atoms with Gasteiger partial charge in [-0.1, -0.05) is 18.5 Å². The number of hydrogen-bond acceptors (Lipinski definition) is 3. The van der Waals surface area contributed by atoms with Crippen LogP contribution in [0.25, 0.3) is 0 Å². The van der Waals surface area contributed by atoms with Crippen LogP contribution in [0.1, 0.15) is 39.8 Å². The van der Waals surface area contributed by atoms with Gasteiger partial charge in [0.2, 0.25) is 5.78 Å². The van der Waals surface area contributed by atoms with Crippen molar-refractivity contribution in [2.24, 2.45) is 0 Å². The molecule has 0 fully saturated rings. The highest BCUT2D eigenvalue weighted by molar-refractivity contribution is 6.31. The van der Waals surface area contributed by atoms with Crippen molar-refractivity contribution in [3.8, 4) is 0 Å². The first-order valence-corrected chi connectivity index (χ1v) is 7.73. The zero-order valence-electron chi connectivity index (χ0n) is 12.0. The Kier molecular flexibility index (Phi) is 5.63. The average Bonchev–Trinajstić information content (AvgIpc) is 2.96. The summed E-state index contributed by atoms with van der Waals surface area (Å²) in [6, 6.07) is 8.03. The largest absolute Gasteiger partial charge is 0.414 e. The van der Waals surface area contributed by atoms with Crippen LogP contribution in [0.15, 0.2) is 36.5 Å². The Balaban J connectivity index is 2.38. The minimum Gasteiger partial charge on any atom is -0.414 e. The fraction of sp³-hybridized carbons (Fsp3) is 0.250. The molecule has 0 atom stereocenters. The molecule has 0 amide bonds. The number of benzene rings is 1. The van der Waals surface area contributed by atoms with Gasteiger partial charge in [-0.3, -0.25) is 9.59 Å². The second kappa shape index (κ2) is 7.47. The molecule has 0 unspecified atom stereocenters. The van der Waals surface area contributed by atoms with Crippen molar-refractivity contribution in [1.29, 1.82) is 0 Å². The Morgan fingerprint density at radius 3 is 2.45 bits per heavy atom. The van der Waals surface area contributed by atoms with Gasteiger partial charge in [-0.05, 0) is 36.8 Å². The second-order valence-electron chi connectivity index (χ2n) is 4.67. The molecule has 116 valence electrons. The monoisotopic (exact) mass is 339 g/mol. The molecule has 1 heterocycles. The van der Waals surface area contributed by atoms with Gasteiger partial charge >= 0.3 is 0 Å². The summed E-state index contributed by atoms with van der Waals surface area (Å²) in [5.74, 6) is -0.654. The van der Waals surface area contributed by atoms with Crippen molar-refractivity contribution < 1.29 is 14.4 Å². The summed E-state index contributed by atoms with van der Waals surface area (Å²) in [6.07, 6.45) is 2.27. The summed E-state index contributed by atoms with van der Waals surface area (Å²) in [7, 11) is 0. The Labute approximate surface area is 138 Å². The molecule has 0 aliphatic rings. The van der Waals surface area contributed by atoms with Crippen molar-refractivity contribution in [2.75, 3.05) is 12.5 Å². The minimum absolute atomic E-state index is 0.146. The molecule has 2 rings (SSSR count). The number of alkyl halides is 1. The molecular weight excluding hydrogens is 325 g/mol. The van der Waals surface area contributed by atoms with Gasteiger partial charge in [0.05, 0.1) is 12.1 Å². The fourth-order valence-electron chi connectivity index (χ4n) is 1.88. The third kappa shape index (κ3) is 3.70. The van der Waals surface area contributed by atoms with Crippen molar-refractivity contribution in [3.63, 3.8) is 0 Å². The highest BCUT2D eigenvalue weighted by atomic mass is 35.5. The maximum atomic E-state index is 12.6. The van der Waals surface area contributed by atoms with E-state index in [9.17, 15) is 9.59 Å². The van der Waals surface area contributed by atoms with E-state index < -0.39 is 0 Å². The van der Waals surface area contributed by atoms with Gasteiger partial charge in [0.15, 0.2) is 5.78 Å². The van der Waals surface area contributed by atoms with Gasteiger partial charge in [0, 0.05) is 16.1 Å². The first-order valence-electron chi connectivity index (χ1n) is 6.82. The topological polar surface area (TPSA) is 48.3 Å². The lowest BCUT2D eigenvalue weighted by Gasteiger charge is -2.09. The van der Waals surface area contributed by atoms with Crippen molar-refractivity contribution in [2.45, 2.75) is 13.3 Å². The Morgan fingerprint density at radius 1 is 1.18 bits per heavy atom. The number of carbonyl (C=O) groups is 2. The molecule has 6 heteroatoms. The van der Waals surface area contributed by atoms with E-state index in [2.05, 4.69) is 0 Å². The van der Waals surface area contributed by atoms with E-state index in [1.807, 2.05) is 6.92 Å². The zero-order valence-corrected chi connectivity index (χ0v) is 13.5. The standard InChI is InChI=1S/C16H15Cl2NO3/c1-2-7-22-19-10-12(15(20)9-17)8-14(19)16(21)11-3-5-13(18)6-4-11/h3-6,8,10H,2,7,9H2,1H3. The number of hydrogen-bond donors (Lipinski definition) is 0. The second-order valence-corrected chi connectivity index (χ2v) is 5.37. The van der Waals surface area contributed by atoms with Gasteiger partial charge in [-0.2, -0.15) is 4.73 Å². The number of nitrogens with zero attached hydrogens (tertiary/aromatic N) is 1. The highest BCUT2D eigenvalue weighted by Crippen LogP contribution is 2.16. The zero-order chi connectivity index (χ0) is 16.1. The Morgan fingerprint density at radius 2 is 1.86 bits per heavy atom. The van der Waals surface area contributed by atoms with Crippen LogP contribution >= 0.6 is 23.2 Å². The molecule has 0 aliphatic carbocycles. The molecule has 2 aromatic rings. The van der Waals surface area contributed by atoms with Crippen LogP contribution < -0.4 is 4.84 Å². The number of Topliss-reactive ketones (excluding diaryl/α,β-unsaturated/α-hetero) is 1. The summed E-state index contributed by atoms with van der Waals surface area (Å²) in [4.78, 5) is 29.8. The van der Waals surface area contributed by atoms with E-state index in [1.165, 1.54) is 17.0 Å². The van der Waals surface area contributed by atoms with Gasteiger partial charge in [0.25, 0.3) is 0 Å². The smallest absolute Gasteiger partial charge is 0.212 e. The Hall–Kier alpha value is -1.78. The molecule has 0 bridgehead atoms. The number of halogens is 2. The maximum Gasteiger partial charge on any atom is 0.212 e. The summed E-state index contributed by atoms with van der Waals surface area (Å²) in [6.45, 7) is 2.39. The van der Waals surface area contributed by atoms with E-state index in [4.69, 9.17) is 28.0 Å². The molecule has 1 aromatic carbocycles.